The summed E-state index contributed by atoms with van der Waals surface area (Å²) in [6.07, 6.45) is -2.95. The molecule has 2 heterocycles. The average molecular weight is 330 g/mol. The van der Waals surface area contributed by atoms with Gasteiger partial charge in [-0.15, -0.1) is 0 Å². The van der Waals surface area contributed by atoms with Crippen molar-refractivity contribution < 1.29 is 13.2 Å². The number of hydrogen-bond donors (Lipinski definition) is 1. The van der Waals surface area contributed by atoms with E-state index in [4.69, 9.17) is 11.6 Å². The summed E-state index contributed by atoms with van der Waals surface area (Å²) in [5.74, 6) is 0. The van der Waals surface area contributed by atoms with E-state index in [0.717, 1.165) is 48.5 Å². The van der Waals surface area contributed by atoms with Crippen molar-refractivity contribution in [2.24, 2.45) is 0 Å². The normalized spacial score (nSPS) is 15.0. The molecule has 1 aromatic carbocycles. The number of nitrogens with one attached hydrogen (secondary N) is 1. The van der Waals surface area contributed by atoms with Gasteiger partial charge in [0.05, 0.1) is 27.7 Å². The molecule has 1 aromatic heterocycles. The molecule has 1 aliphatic rings. The lowest BCUT2D eigenvalue weighted by atomic mass is 10.1. The number of rotatable bonds is 2. The number of aromatic nitrogens is 2. The zero-order chi connectivity index (χ0) is 15.9. The van der Waals surface area contributed by atoms with Crippen LogP contribution in [0.1, 0.15) is 29.4 Å². The molecular formula is C15H15ClF3N3. The summed E-state index contributed by atoms with van der Waals surface area (Å²) in [7, 11) is 0. The van der Waals surface area contributed by atoms with Gasteiger partial charge in [-0.25, -0.2) is 4.68 Å². The van der Waals surface area contributed by atoms with Gasteiger partial charge in [-0.2, -0.15) is 18.3 Å². The van der Waals surface area contributed by atoms with Gasteiger partial charge in [0.1, 0.15) is 0 Å². The molecule has 3 rings (SSSR count). The zero-order valence-corrected chi connectivity index (χ0v) is 12.7. The van der Waals surface area contributed by atoms with Crippen molar-refractivity contribution in [2.45, 2.75) is 32.5 Å². The number of fused-ring (bicyclic) bond motifs is 1. The first-order chi connectivity index (χ1) is 10.4. The fourth-order valence-electron chi connectivity index (χ4n) is 2.75. The van der Waals surface area contributed by atoms with Crippen LogP contribution in [0.3, 0.4) is 0 Å². The second-order valence-corrected chi connectivity index (χ2v) is 5.64. The first kappa shape index (κ1) is 15.4. The van der Waals surface area contributed by atoms with Gasteiger partial charge < -0.3 is 5.32 Å². The Hall–Kier alpha value is -1.53. The molecule has 0 bridgehead atoms. The summed E-state index contributed by atoms with van der Waals surface area (Å²) in [6.45, 7) is 3.45. The van der Waals surface area contributed by atoms with Crippen LogP contribution >= 0.6 is 11.6 Å². The lowest BCUT2D eigenvalue weighted by Gasteiger charge is -2.17. The Morgan fingerprint density at radius 1 is 1.36 bits per heavy atom. The third-order valence-electron chi connectivity index (χ3n) is 3.85. The third kappa shape index (κ3) is 2.61. The highest BCUT2D eigenvalue weighted by atomic mass is 35.5. The topological polar surface area (TPSA) is 29.9 Å². The molecule has 0 unspecified atom stereocenters. The molecule has 0 saturated carbocycles. The summed E-state index contributed by atoms with van der Waals surface area (Å²) < 4.78 is 40.4. The van der Waals surface area contributed by atoms with E-state index in [2.05, 4.69) is 10.4 Å². The maximum absolute atomic E-state index is 12.9. The second-order valence-electron chi connectivity index (χ2n) is 5.23. The summed E-state index contributed by atoms with van der Waals surface area (Å²) in [4.78, 5) is 0. The molecule has 0 spiro atoms. The van der Waals surface area contributed by atoms with Gasteiger partial charge in [-0.1, -0.05) is 18.5 Å². The fraction of sp³-hybridized carbons (Fsp3) is 0.400. The van der Waals surface area contributed by atoms with Crippen molar-refractivity contribution in [3.05, 3.63) is 45.7 Å². The number of nitrogens with zero attached hydrogens (tertiary/aromatic N) is 2. The lowest BCUT2D eigenvalue weighted by molar-refractivity contribution is -0.137. The van der Waals surface area contributed by atoms with E-state index in [-0.39, 0.29) is 10.7 Å². The van der Waals surface area contributed by atoms with Crippen molar-refractivity contribution >= 4 is 11.6 Å². The van der Waals surface area contributed by atoms with Gasteiger partial charge in [0.15, 0.2) is 0 Å². The van der Waals surface area contributed by atoms with Crippen LogP contribution in [0.25, 0.3) is 5.69 Å². The highest BCUT2D eigenvalue weighted by molar-refractivity contribution is 6.32. The molecule has 0 saturated heterocycles. The van der Waals surface area contributed by atoms with Gasteiger partial charge in [0.2, 0.25) is 0 Å². The zero-order valence-electron chi connectivity index (χ0n) is 12.0. The number of hydrogen-bond acceptors (Lipinski definition) is 2. The van der Waals surface area contributed by atoms with Crippen LogP contribution in [0, 0.1) is 0 Å². The van der Waals surface area contributed by atoms with Gasteiger partial charge in [-0.05, 0) is 24.6 Å². The number of halogens is 4. The van der Waals surface area contributed by atoms with Crippen LogP contribution in [0.4, 0.5) is 13.2 Å². The highest BCUT2D eigenvalue weighted by Crippen LogP contribution is 2.34. The predicted octanol–water partition coefficient (Wildman–Crippen LogP) is 3.75. The van der Waals surface area contributed by atoms with Crippen LogP contribution in [0.15, 0.2) is 18.2 Å². The minimum absolute atomic E-state index is 0.263. The predicted molar refractivity (Wildman–Crippen MR) is 78.4 cm³/mol. The largest absolute Gasteiger partial charge is 0.416 e. The summed E-state index contributed by atoms with van der Waals surface area (Å²) >= 11 is 6.13. The van der Waals surface area contributed by atoms with Crippen LogP contribution < -0.4 is 5.32 Å². The third-order valence-corrected chi connectivity index (χ3v) is 4.17. The van der Waals surface area contributed by atoms with Crippen LogP contribution in [-0.2, 0) is 25.6 Å². The maximum atomic E-state index is 12.9. The first-order valence-corrected chi connectivity index (χ1v) is 7.47. The van der Waals surface area contributed by atoms with E-state index in [1.165, 1.54) is 6.07 Å². The standard InChI is InChI=1S/C15H15ClF3N3/c1-2-12-10-8-20-6-5-13(10)22(21-12)14-7-9(15(17,18)19)3-4-11(14)16/h3-4,7,20H,2,5-6,8H2,1H3. The molecule has 3 nitrogen and oxygen atoms in total. The van der Waals surface area contributed by atoms with Gasteiger partial charge in [0, 0.05) is 25.1 Å². The fourth-order valence-corrected chi connectivity index (χ4v) is 2.95. The molecule has 0 aliphatic carbocycles. The van der Waals surface area contributed by atoms with Crippen molar-refractivity contribution in [3.8, 4) is 5.69 Å². The first-order valence-electron chi connectivity index (χ1n) is 7.09. The molecule has 1 N–H and O–H groups in total. The molecule has 2 aromatic rings. The summed E-state index contributed by atoms with van der Waals surface area (Å²) in [6, 6.07) is 3.33. The van der Waals surface area contributed by atoms with E-state index < -0.39 is 11.7 Å². The number of aryl methyl sites for hydroxylation is 1. The molecule has 0 radical (unpaired) electrons. The second kappa shape index (κ2) is 5.59. The molecule has 1 aliphatic heterocycles. The van der Waals surface area contributed by atoms with E-state index in [9.17, 15) is 13.2 Å². The molecular weight excluding hydrogens is 315 g/mol. The molecule has 118 valence electrons. The van der Waals surface area contributed by atoms with Crippen LogP contribution in [0.5, 0.6) is 0 Å². The van der Waals surface area contributed by atoms with Crippen LogP contribution in [-0.4, -0.2) is 16.3 Å². The molecule has 0 amide bonds. The van der Waals surface area contributed by atoms with Crippen molar-refractivity contribution in [3.63, 3.8) is 0 Å². The van der Waals surface area contributed by atoms with E-state index in [1.807, 2.05) is 6.92 Å². The smallest absolute Gasteiger partial charge is 0.312 e. The monoisotopic (exact) mass is 329 g/mol. The number of benzene rings is 1. The summed E-state index contributed by atoms with van der Waals surface area (Å²) in [5, 5.41) is 8.02. The molecule has 0 fully saturated rings. The molecule has 0 atom stereocenters. The van der Waals surface area contributed by atoms with E-state index in [1.54, 1.807) is 4.68 Å². The average Bonchev–Trinajstić information content (AvgIpc) is 2.85. The number of alkyl halides is 3. The highest BCUT2D eigenvalue weighted by Gasteiger charge is 2.32. The van der Waals surface area contributed by atoms with Crippen molar-refractivity contribution in [2.75, 3.05) is 6.54 Å². The Kier molecular flexibility index (Phi) is 3.91. The van der Waals surface area contributed by atoms with Crippen LogP contribution in [0.2, 0.25) is 5.02 Å². The minimum Gasteiger partial charge on any atom is -0.312 e. The van der Waals surface area contributed by atoms with Gasteiger partial charge in [-0.3, -0.25) is 0 Å². The summed E-state index contributed by atoms with van der Waals surface area (Å²) in [5.41, 5.74) is 2.48. The van der Waals surface area contributed by atoms with Crippen molar-refractivity contribution in [1.82, 2.24) is 15.1 Å². The molecule has 22 heavy (non-hydrogen) atoms. The Morgan fingerprint density at radius 2 is 2.14 bits per heavy atom. The van der Waals surface area contributed by atoms with Gasteiger partial charge >= 0.3 is 6.18 Å². The Bertz CT molecular complexity index is 707. The maximum Gasteiger partial charge on any atom is 0.416 e. The molecule has 7 heteroatoms. The SMILES string of the molecule is CCc1nn(-c2cc(C(F)(F)F)ccc2Cl)c2c1CNCC2. The minimum atomic E-state index is -4.40. The lowest BCUT2D eigenvalue weighted by Crippen LogP contribution is -2.25. The Balaban J connectivity index is 2.17. The Morgan fingerprint density at radius 3 is 2.82 bits per heavy atom. The Labute approximate surface area is 131 Å². The quantitative estimate of drug-likeness (QED) is 0.909. The van der Waals surface area contributed by atoms with E-state index in [0.29, 0.717) is 6.54 Å². The van der Waals surface area contributed by atoms with Crippen molar-refractivity contribution in [1.29, 1.82) is 0 Å². The van der Waals surface area contributed by atoms with Gasteiger partial charge in [0.25, 0.3) is 0 Å². The van der Waals surface area contributed by atoms with E-state index >= 15 is 0 Å².